The molecule has 0 radical (unpaired) electrons. The van der Waals surface area contributed by atoms with Gasteiger partial charge in [-0.15, -0.1) is 24.0 Å². The summed E-state index contributed by atoms with van der Waals surface area (Å²) in [5.74, 6) is 1.69. The summed E-state index contributed by atoms with van der Waals surface area (Å²) in [6.45, 7) is 6.95. The second-order valence-corrected chi connectivity index (χ2v) is 5.28. The molecule has 5 nitrogen and oxygen atoms in total. The van der Waals surface area contributed by atoms with Crippen LogP contribution in [0.2, 0.25) is 0 Å². The Morgan fingerprint density at radius 1 is 1.32 bits per heavy atom. The molecular weight excluding hydrogens is 391 g/mol. The fourth-order valence-corrected chi connectivity index (χ4v) is 1.80. The van der Waals surface area contributed by atoms with E-state index in [1.807, 2.05) is 18.2 Å². The van der Waals surface area contributed by atoms with Crippen LogP contribution in [0.4, 0.5) is 0 Å². The van der Waals surface area contributed by atoms with Gasteiger partial charge in [0.05, 0.1) is 7.11 Å². The molecule has 1 aromatic rings. The topological polar surface area (TPSA) is 48.9 Å². The molecule has 0 saturated carbocycles. The molecular formula is C16H29IN4O. The van der Waals surface area contributed by atoms with Crippen molar-refractivity contribution in [3.63, 3.8) is 0 Å². The Labute approximate surface area is 151 Å². The fourth-order valence-electron chi connectivity index (χ4n) is 1.80. The minimum Gasteiger partial charge on any atom is -0.497 e. The van der Waals surface area contributed by atoms with Crippen molar-refractivity contribution in [2.24, 2.45) is 4.99 Å². The number of hydrogen-bond donors (Lipinski definition) is 2. The molecule has 0 atom stereocenters. The molecule has 2 N–H and O–H groups in total. The van der Waals surface area contributed by atoms with Crippen molar-refractivity contribution in [1.82, 2.24) is 15.5 Å². The van der Waals surface area contributed by atoms with Crippen molar-refractivity contribution in [2.75, 3.05) is 34.3 Å². The number of rotatable bonds is 7. The average Bonchev–Trinajstić information content (AvgIpc) is 2.50. The van der Waals surface area contributed by atoms with E-state index in [1.54, 1.807) is 14.2 Å². The first-order chi connectivity index (χ1) is 10.1. The van der Waals surface area contributed by atoms with Crippen molar-refractivity contribution < 1.29 is 4.74 Å². The highest BCUT2D eigenvalue weighted by Gasteiger charge is 2.03. The zero-order valence-electron chi connectivity index (χ0n) is 14.2. The standard InChI is InChI=1S/C16H28N4O.HI/c1-13(2)20(4)10-9-18-16(17-3)19-12-14-7-6-8-15(11-14)21-5;/h6-8,11,13H,9-10,12H2,1-5H3,(H2,17,18,19);1H. The van der Waals surface area contributed by atoms with Gasteiger partial charge in [-0.05, 0) is 38.6 Å². The van der Waals surface area contributed by atoms with E-state index in [4.69, 9.17) is 4.74 Å². The third kappa shape index (κ3) is 7.84. The SMILES string of the molecule is CN=C(NCCN(C)C(C)C)NCc1cccc(OC)c1.I. The van der Waals surface area contributed by atoms with Crippen molar-refractivity contribution in [1.29, 1.82) is 0 Å². The highest BCUT2D eigenvalue weighted by atomic mass is 127. The molecule has 0 heterocycles. The van der Waals surface area contributed by atoms with Crippen molar-refractivity contribution in [3.8, 4) is 5.75 Å². The van der Waals surface area contributed by atoms with Crippen LogP contribution >= 0.6 is 24.0 Å². The number of methoxy groups -OCH3 is 1. The molecule has 0 bridgehead atoms. The van der Waals surface area contributed by atoms with E-state index in [1.165, 1.54) is 0 Å². The van der Waals surface area contributed by atoms with E-state index in [2.05, 4.69) is 47.5 Å². The largest absolute Gasteiger partial charge is 0.497 e. The molecule has 22 heavy (non-hydrogen) atoms. The highest BCUT2D eigenvalue weighted by Crippen LogP contribution is 2.11. The number of aliphatic imine (C=N–C) groups is 1. The minimum atomic E-state index is 0. The monoisotopic (exact) mass is 420 g/mol. The van der Waals surface area contributed by atoms with E-state index < -0.39 is 0 Å². The van der Waals surface area contributed by atoms with Gasteiger partial charge >= 0.3 is 0 Å². The lowest BCUT2D eigenvalue weighted by Gasteiger charge is -2.21. The van der Waals surface area contributed by atoms with Crippen LogP contribution in [0.5, 0.6) is 5.75 Å². The third-order valence-corrected chi connectivity index (χ3v) is 3.46. The Morgan fingerprint density at radius 2 is 2.05 bits per heavy atom. The molecule has 0 spiro atoms. The summed E-state index contributed by atoms with van der Waals surface area (Å²) in [6.07, 6.45) is 0. The van der Waals surface area contributed by atoms with E-state index in [9.17, 15) is 0 Å². The Balaban J connectivity index is 0.00000441. The van der Waals surface area contributed by atoms with Crippen molar-refractivity contribution in [3.05, 3.63) is 29.8 Å². The van der Waals surface area contributed by atoms with Crippen LogP contribution in [-0.4, -0.2) is 51.2 Å². The normalized spacial score (nSPS) is 11.3. The number of ether oxygens (including phenoxy) is 1. The predicted molar refractivity (Wildman–Crippen MR) is 104 cm³/mol. The molecule has 0 aliphatic rings. The number of nitrogens with one attached hydrogen (secondary N) is 2. The van der Waals surface area contributed by atoms with Gasteiger partial charge in [0.15, 0.2) is 5.96 Å². The van der Waals surface area contributed by atoms with Crippen LogP contribution in [0.1, 0.15) is 19.4 Å². The van der Waals surface area contributed by atoms with Crippen LogP contribution in [0, 0.1) is 0 Å². The summed E-state index contributed by atoms with van der Waals surface area (Å²) in [5.41, 5.74) is 1.16. The van der Waals surface area contributed by atoms with Crippen LogP contribution < -0.4 is 15.4 Å². The Kier molecular flexibility index (Phi) is 11.0. The molecule has 0 aliphatic heterocycles. The molecule has 0 aliphatic carbocycles. The second-order valence-electron chi connectivity index (χ2n) is 5.28. The number of guanidine groups is 1. The Morgan fingerprint density at radius 3 is 2.64 bits per heavy atom. The molecule has 0 aromatic heterocycles. The fraction of sp³-hybridized carbons (Fsp3) is 0.562. The lowest BCUT2D eigenvalue weighted by molar-refractivity contribution is 0.278. The molecule has 0 fully saturated rings. The number of likely N-dealkylation sites (N-methyl/N-ethyl adjacent to an activating group) is 1. The molecule has 0 amide bonds. The van der Waals surface area contributed by atoms with Gasteiger partial charge in [-0.1, -0.05) is 12.1 Å². The molecule has 1 rings (SSSR count). The van der Waals surface area contributed by atoms with Crippen LogP contribution in [0.15, 0.2) is 29.3 Å². The molecule has 126 valence electrons. The summed E-state index contributed by atoms with van der Waals surface area (Å²) in [7, 11) is 5.59. The molecule has 0 saturated heterocycles. The van der Waals surface area contributed by atoms with Gasteiger partial charge in [-0.3, -0.25) is 4.99 Å². The van der Waals surface area contributed by atoms with Gasteiger partial charge in [0.1, 0.15) is 5.75 Å². The summed E-state index contributed by atoms with van der Waals surface area (Å²) >= 11 is 0. The zero-order valence-corrected chi connectivity index (χ0v) is 16.5. The lowest BCUT2D eigenvalue weighted by atomic mass is 10.2. The number of nitrogens with zero attached hydrogens (tertiary/aromatic N) is 2. The lowest BCUT2D eigenvalue weighted by Crippen LogP contribution is -2.41. The van der Waals surface area contributed by atoms with Crippen molar-refractivity contribution in [2.45, 2.75) is 26.4 Å². The summed E-state index contributed by atoms with van der Waals surface area (Å²) in [4.78, 5) is 6.53. The van der Waals surface area contributed by atoms with Crippen LogP contribution in [0.3, 0.4) is 0 Å². The predicted octanol–water partition coefficient (Wildman–Crippen LogP) is 2.32. The third-order valence-electron chi connectivity index (χ3n) is 3.46. The van der Waals surface area contributed by atoms with Crippen LogP contribution in [-0.2, 0) is 6.54 Å². The first-order valence-electron chi connectivity index (χ1n) is 7.34. The van der Waals surface area contributed by atoms with E-state index in [0.717, 1.165) is 36.9 Å². The highest BCUT2D eigenvalue weighted by molar-refractivity contribution is 14.0. The first-order valence-corrected chi connectivity index (χ1v) is 7.34. The maximum Gasteiger partial charge on any atom is 0.191 e. The quantitative estimate of drug-likeness (QED) is 0.404. The van der Waals surface area contributed by atoms with Gasteiger partial charge in [0.25, 0.3) is 0 Å². The maximum absolute atomic E-state index is 5.22. The summed E-state index contributed by atoms with van der Waals surface area (Å²) < 4.78 is 5.22. The minimum absolute atomic E-state index is 0. The van der Waals surface area contributed by atoms with Crippen molar-refractivity contribution >= 4 is 29.9 Å². The van der Waals surface area contributed by atoms with Gasteiger partial charge in [-0.2, -0.15) is 0 Å². The van der Waals surface area contributed by atoms with Crippen LogP contribution in [0.25, 0.3) is 0 Å². The second kappa shape index (κ2) is 11.5. The van der Waals surface area contributed by atoms with Gasteiger partial charge in [0, 0.05) is 32.7 Å². The van der Waals surface area contributed by atoms with E-state index >= 15 is 0 Å². The first kappa shape index (κ1) is 21.0. The smallest absolute Gasteiger partial charge is 0.191 e. The Bertz CT molecular complexity index is 452. The van der Waals surface area contributed by atoms with Gasteiger partial charge < -0.3 is 20.3 Å². The molecule has 1 aromatic carbocycles. The number of halogens is 1. The number of hydrogen-bond acceptors (Lipinski definition) is 3. The maximum atomic E-state index is 5.22. The average molecular weight is 420 g/mol. The van der Waals surface area contributed by atoms with E-state index in [0.29, 0.717) is 6.04 Å². The summed E-state index contributed by atoms with van der Waals surface area (Å²) in [6, 6.07) is 8.57. The van der Waals surface area contributed by atoms with Gasteiger partial charge in [-0.25, -0.2) is 0 Å². The Hall–Kier alpha value is -1.02. The zero-order chi connectivity index (χ0) is 15.7. The molecule has 6 heteroatoms. The van der Waals surface area contributed by atoms with E-state index in [-0.39, 0.29) is 24.0 Å². The molecule has 0 unspecified atom stereocenters. The number of benzene rings is 1. The summed E-state index contributed by atoms with van der Waals surface area (Å²) in [5, 5.41) is 6.62. The van der Waals surface area contributed by atoms with Gasteiger partial charge in [0.2, 0.25) is 0 Å².